The van der Waals surface area contributed by atoms with Crippen LogP contribution in [-0.4, -0.2) is 25.2 Å². The zero-order valence-corrected chi connectivity index (χ0v) is 11.6. The number of nitro benzene ring substituents is 1. The van der Waals surface area contributed by atoms with Gasteiger partial charge in [-0.25, -0.2) is 0 Å². The van der Waals surface area contributed by atoms with Gasteiger partial charge in [0.05, 0.1) is 22.2 Å². The lowest BCUT2D eigenvalue weighted by molar-refractivity contribution is -0.385. The van der Waals surface area contributed by atoms with Crippen LogP contribution in [0.2, 0.25) is 0 Å². The first-order chi connectivity index (χ1) is 10.6. The van der Waals surface area contributed by atoms with E-state index in [1.165, 1.54) is 24.3 Å². The number of nitro groups is 1. The summed E-state index contributed by atoms with van der Waals surface area (Å²) in [5.41, 5.74) is 0.700. The molecular formula is C14H5N3O4S. The molecule has 2 aromatic carbocycles. The van der Waals surface area contributed by atoms with Gasteiger partial charge in [-0.05, 0) is 18.2 Å². The molecule has 0 saturated heterocycles. The van der Waals surface area contributed by atoms with Gasteiger partial charge in [0, 0.05) is 17.2 Å². The molecule has 0 aliphatic heterocycles. The topological polar surface area (TPSA) is 103 Å². The number of carbonyl (C=O) groups excluding carboxylic acids is 2. The molecule has 0 saturated carbocycles. The fraction of sp³-hybridized carbons (Fsp3) is 0. The maximum Gasteiger partial charge on any atom is 0.281 e. The predicted octanol–water partition coefficient (Wildman–Crippen LogP) is 2.37. The van der Waals surface area contributed by atoms with Gasteiger partial charge in [0.2, 0.25) is 5.78 Å². The second-order valence-corrected chi connectivity index (χ2v) is 5.26. The number of fused-ring (bicyclic) bond motifs is 4. The third kappa shape index (κ3) is 1.49. The van der Waals surface area contributed by atoms with Crippen LogP contribution in [0.1, 0.15) is 31.8 Å². The van der Waals surface area contributed by atoms with Crippen molar-refractivity contribution >= 4 is 40.0 Å². The second kappa shape index (κ2) is 4.25. The average Bonchev–Trinajstić information content (AvgIpc) is 2.99. The molecule has 106 valence electrons. The number of ketones is 2. The summed E-state index contributed by atoms with van der Waals surface area (Å²) in [6.45, 7) is 0. The number of hydrogen-bond donors (Lipinski definition) is 0. The van der Waals surface area contributed by atoms with Gasteiger partial charge in [0.1, 0.15) is 16.6 Å². The summed E-state index contributed by atoms with van der Waals surface area (Å²) in [7, 11) is 0. The average molecular weight is 311 g/mol. The summed E-state index contributed by atoms with van der Waals surface area (Å²) in [4.78, 5) is 35.8. The van der Waals surface area contributed by atoms with Crippen LogP contribution in [0.5, 0.6) is 0 Å². The van der Waals surface area contributed by atoms with Gasteiger partial charge in [-0.2, -0.15) is 8.75 Å². The molecule has 0 bridgehead atoms. The quantitative estimate of drug-likeness (QED) is 0.395. The summed E-state index contributed by atoms with van der Waals surface area (Å²) in [5, 5.41) is 11.1. The fourth-order valence-electron chi connectivity index (χ4n) is 2.66. The maximum absolute atomic E-state index is 12.7. The zero-order valence-electron chi connectivity index (χ0n) is 10.8. The Hall–Kier alpha value is -3.00. The normalized spacial score (nSPS) is 13.1. The fourth-order valence-corrected chi connectivity index (χ4v) is 3.20. The molecule has 4 rings (SSSR count). The van der Waals surface area contributed by atoms with Gasteiger partial charge in [0.15, 0.2) is 5.78 Å². The standard InChI is InChI=1S/C14H5N3O4S/c18-13-7-4-5-8-12(16-22-15-8)11(7)14(19)6-2-1-3-9(10(6)13)17(20)21/h1-5H. The smallest absolute Gasteiger partial charge is 0.281 e. The highest BCUT2D eigenvalue weighted by Crippen LogP contribution is 2.35. The van der Waals surface area contributed by atoms with Crippen molar-refractivity contribution in [3.63, 3.8) is 0 Å². The number of carbonyl (C=O) groups is 2. The van der Waals surface area contributed by atoms with E-state index in [4.69, 9.17) is 0 Å². The van der Waals surface area contributed by atoms with Crippen LogP contribution in [-0.2, 0) is 0 Å². The molecule has 0 radical (unpaired) electrons. The Morgan fingerprint density at radius 3 is 2.45 bits per heavy atom. The first-order valence-electron chi connectivity index (χ1n) is 6.21. The van der Waals surface area contributed by atoms with Crippen molar-refractivity contribution in [1.29, 1.82) is 0 Å². The minimum Gasteiger partial charge on any atom is -0.288 e. The zero-order chi connectivity index (χ0) is 15.4. The summed E-state index contributed by atoms with van der Waals surface area (Å²) in [5.74, 6) is -0.974. The van der Waals surface area contributed by atoms with E-state index in [0.29, 0.717) is 11.0 Å². The van der Waals surface area contributed by atoms with Crippen molar-refractivity contribution in [3.8, 4) is 0 Å². The molecule has 0 amide bonds. The van der Waals surface area contributed by atoms with Crippen molar-refractivity contribution in [1.82, 2.24) is 8.75 Å². The van der Waals surface area contributed by atoms with E-state index in [-0.39, 0.29) is 27.9 Å². The molecule has 0 unspecified atom stereocenters. The van der Waals surface area contributed by atoms with Crippen molar-refractivity contribution in [2.24, 2.45) is 0 Å². The first-order valence-corrected chi connectivity index (χ1v) is 6.94. The Bertz CT molecular complexity index is 1010. The Balaban J connectivity index is 2.11. The molecule has 0 N–H and O–H groups in total. The number of nitrogens with zero attached hydrogens (tertiary/aromatic N) is 3. The van der Waals surface area contributed by atoms with E-state index in [1.54, 1.807) is 6.07 Å². The summed E-state index contributed by atoms with van der Waals surface area (Å²) in [6.07, 6.45) is 0. The molecule has 0 atom stereocenters. The SMILES string of the molecule is O=C1c2ccc3nsnc3c2C(=O)c2cccc([N+](=O)[O-])c21. The van der Waals surface area contributed by atoms with E-state index < -0.39 is 16.5 Å². The molecule has 3 aromatic rings. The van der Waals surface area contributed by atoms with Crippen LogP contribution in [0, 0.1) is 10.1 Å². The molecule has 7 nitrogen and oxygen atoms in total. The van der Waals surface area contributed by atoms with Gasteiger partial charge >= 0.3 is 0 Å². The minimum absolute atomic E-state index is 0.0344. The van der Waals surface area contributed by atoms with Crippen LogP contribution in [0.4, 0.5) is 5.69 Å². The third-order valence-corrected chi connectivity index (χ3v) is 4.15. The van der Waals surface area contributed by atoms with Gasteiger partial charge in [0.25, 0.3) is 5.69 Å². The summed E-state index contributed by atoms with van der Waals surface area (Å²) in [6, 6.07) is 7.09. The van der Waals surface area contributed by atoms with Crippen LogP contribution in [0.15, 0.2) is 30.3 Å². The van der Waals surface area contributed by atoms with Gasteiger partial charge < -0.3 is 0 Å². The van der Waals surface area contributed by atoms with Crippen molar-refractivity contribution in [2.45, 2.75) is 0 Å². The monoisotopic (exact) mass is 311 g/mol. The highest BCUT2D eigenvalue weighted by atomic mass is 32.1. The van der Waals surface area contributed by atoms with E-state index >= 15 is 0 Å². The van der Waals surface area contributed by atoms with E-state index in [1.807, 2.05) is 0 Å². The van der Waals surface area contributed by atoms with E-state index in [0.717, 1.165) is 11.7 Å². The van der Waals surface area contributed by atoms with Gasteiger partial charge in [-0.15, -0.1) is 0 Å². The Morgan fingerprint density at radius 1 is 0.955 bits per heavy atom. The molecule has 1 aromatic heterocycles. The molecular weight excluding hydrogens is 306 g/mol. The van der Waals surface area contributed by atoms with E-state index in [2.05, 4.69) is 8.75 Å². The molecule has 1 heterocycles. The molecule has 1 aliphatic carbocycles. The second-order valence-electron chi connectivity index (χ2n) is 4.74. The Kier molecular flexibility index (Phi) is 2.46. The maximum atomic E-state index is 12.7. The third-order valence-electron chi connectivity index (χ3n) is 3.61. The molecule has 8 heteroatoms. The molecule has 0 spiro atoms. The molecule has 22 heavy (non-hydrogen) atoms. The number of hydrogen-bond acceptors (Lipinski definition) is 7. The largest absolute Gasteiger partial charge is 0.288 e. The lowest BCUT2D eigenvalue weighted by Crippen LogP contribution is -2.22. The Labute approximate surface area is 126 Å². The van der Waals surface area contributed by atoms with Crippen LogP contribution in [0.3, 0.4) is 0 Å². The van der Waals surface area contributed by atoms with E-state index in [9.17, 15) is 19.7 Å². The highest BCUT2D eigenvalue weighted by molar-refractivity contribution is 7.00. The lowest BCUT2D eigenvalue weighted by Gasteiger charge is -2.17. The number of rotatable bonds is 1. The summed E-state index contributed by atoms with van der Waals surface area (Å²) < 4.78 is 8.12. The first kappa shape index (κ1) is 12.7. The van der Waals surface area contributed by atoms with Crippen molar-refractivity contribution in [3.05, 3.63) is 62.7 Å². The van der Waals surface area contributed by atoms with Gasteiger partial charge in [-0.1, -0.05) is 6.07 Å². The Morgan fingerprint density at radius 2 is 1.68 bits per heavy atom. The molecule has 0 fully saturated rings. The van der Waals surface area contributed by atoms with Gasteiger partial charge in [-0.3, -0.25) is 19.7 Å². The predicted molar refractivity (Wildman–Crippen MR) is 77.4 cm³/mol. The molecule has 1 aliphatic rings. The minimum atomic E-state index is -0.655. The van der Waals surface area contributed by atoms with Crippen LogP contribution < -0.4 is 0 Å². The number of aromatic nitrogens is 2. The van der Waals surface area contributed by atoms with Crippen molar-refractivity contribution < 1.29 is 14.5 Å². The van der Waals surface area contributed by atoms with Crippen LogP contribution >= 0.6 is 11.7 Å². The van der Waals surface area contributed by atoms with Crippen LogP contribution in [0.25, 0.3) is 11.0 Å². The highest BCUT2D eigenvalue weighted by Gasteiger charge is 2.37. The number of benzene rings is 2. The van der Waals surface area contributed by atoms with Crippen molar-refractivity contribution in [2.75, 3.05) is 0 Å². The summed E-state index contributed by atoms with van der Waals surface area (Å²) >= 11 is 0.947. The lowest BCUT2D eigenvalue weighted by atomic mass is 9.82.